The first kappa shape index (κ1) is 9.73. The summed E-state index contributed by atoms with van der Waals surface area (Å²) in [4.78, 5) is 7.18. The Morgan fingerprint density at radius 3 is 3.21 bits per heavy atom. The molecule has 0 aliphatic heterocycles. The molecule has 0 radical (unpaired) electrons. The van der Waals surface area contributed by atoms with E-state index >= 15 is 0 Å². The second-order valence-corrected chi connectivity index (χ2v) is 4.73. The van der Waals surface area contributed by atoms with Crippen LogP contribution in [-0.2, 0) is 5.75 Å². The highest BCUT2D eigenvalue weighted by Crippen LogP contribution is 2.32. The molecule has 0 fully saturated rings. The van der Waals surface area contributed by atoms with Crippen LogP contribution in [0, 0.1) is 0 Å². The Morgan fingerprint density at radius 1 is 1.64 bits per heavy atom. The Morgan fingerprint density at radius 2 is 2.57 bits per heavy atom. The topological polar surface area (TPSA) is 41.8 Å². The third-order valence-corrected chi connectivity index (χ3v) is 3.47. The molecule has 1 atom stereocenters. The molecule has 1 N–H and O–H groups in total. The fourth-order valence-corrected chi connectivity index (χ4v) is 2.21. The number of furan rings is 1. The van der Waals surface area contributed by atoms with Gasteiger partial charge in [-0.3, -0.25) is 0 Å². The van der Waals surface area contributed by atoms with Crippen LogP contribution >= 0.6 is 24.4 Å². The van der Waals surface area contributed by atoms with E-state index in [4.69, 9.17) is 4.42 Å². The van der Waals surface area contributed by atoms with Crippen molar-refractivity contribution in [2.45, 2.75) is 10.3 Å². The molecular formula is C9H10N2OS2. The molecule has 74 valence electrons. The highest BCUT2D eigenvalue weighted by Gasteiger charge is 2.09. The van der Waals surface area contributed by atoms with Gasteiger partial charge < -0.3 is 9.40 Å². The van der Waals surface area contributed by atoms with Gasteiger partial charge in [0.05, 0.1) is 12.5 Å². The first-order chi connectivity index (χ1) is 6.86. The van der Waals surface area contributed by atoms with E-state index in [0.29, 0.717) is 0 Å². The lowest BCUT2D eigenvalue weighted by Gasteiger charge is -2.05. The molecule has 14 heavy (non-hydrogen) atoms. The summed E-state index contributed by atoms with van der Waals surface area (Å²) in [5.74, 6) is 1.77. The average Bonchev–Trinajstić information content (AvgIpc) is 2.87. The van der Waals surface area contributed by atoms with Gasteiger partial charge in [-0.15, -0.1) is 11.8 Å². The zero-order valence-corrected chi connectivity index (χ0v) is 9.09. The monoisotopic (exact) mass is 226 g/mol. The van der Waals surface area contributed by atoms with Crippen molar-refractivity contribution in [1.82, 2.24) is 9.97 Å². The summed E-state index contributed by atoms with van der Waals surface area (Å²) in [5, 5.41) is 0. The van der Waals surface area contributed by atoms with Crippen LogP contribution in [0.1, 0.15) is 16.0 Å². The zero-order valence-electron chi connectivity index (χ0n) is 7.38. The van der Waals surface area contributed by atoms with Crippen molar-refractivity contribution >= 4 is 24.4 Å². The maximum atomic E-state index is 4.98. The number of nitrogens with one attached hydrogen (secondary N) is 1. The number of H-pyrrole nitrogens is 1. The van der Waals surface area contributed by atoms with Crippen molar-refractivity contribution in [3.8, 4) is 0 Å². The minimum Gasteiger partial charge on any atom is -0.472 e. The third-order valence-electron chi connectivity index (χ3n) is 1.74. The van der Waals surface area contributed by atoms with Crippen LogP contribution in [-0.4, -0.2) is 9.97 Å². The maximum absolute atomic E-state index is 4.98. The Balaban J connectivity index is 1.87. The molecule has 0 saturated carbocycles. The zero-order chi connectivity index (χ0) is 9.80. The van der Waals surface area contributed by atoms with Gasteiger partial charge in [0.2, 0.25) is 0 Å². The molecule has 1 unspecified atom stereocenters. The van der Waals surface area contributed by atoms with E-state index in [0.717, 1.165) is 11.6 Å². The summed E-state index contributed by atoms with van der Waals surface area (Å²) in [6.07, 6.45) is 6.96. The van der Waals surface area contributed by atoms with Crippen molar-refractivity contribution in [2.24, 2.45) is 0 Å². The number of thiol groups is 1. The fraction of sp³-hybridized carbons (Fsp3) is 0.222. The van der Waals surface area contributed by atoms with Gasteiger partial charge in [-0.1, -0.05) is 0 Å². The van der Waals surface area contributed by atoms with E-state index in [-0.39, 0.29) is 4.58 Å². The molecule has 5 heteroatoms. The largest absolute Gasteiger partial charge is 0.472 e. The van der Waals surface area contributed by atoms with E-state index in [1.54, 1.807) is 36.7 Å². The second kappa shape index (κ2) is 4.61. The minimum atomic E-state index is 0.0832. The second-order valence-electron chi connectivity index (χ2n) is 2.77. The number of thioether (sulfide) groups is 1. The number of imidazole rings is 1. The van der Waals surface area contributed by atoms with Crippen molar-refractivity contribution in [3.63, 3.8) is 0 Å². The van der Waals surface area contributed by atoms with Crippen molar-refractivity contribution < 1.29 is 4.42 Å². The maximum Gasteiger partial charge on any atom is 0.129 e. The molecule has 2 aromatic heterocycles. The predicted octanol–water partition coefficient (Wildman–Crippen LogP) is 2.86. The number of aromatic amines is 1. The molecule has 3 nitrogen and oxygen atoms in total. The van der Waals surface area contributed by atoms with E-state index in [9.17, 15) is 0 Å². The van der Waals surface area contributed by atoms with Gasteiger partial charge in [0.15, 0.2) is 0 Å². The highest BCUT2D eigenvalue weighted by molar-refractivity contribution is 8.09. The number of hydrogen-bond donors (Lipinski definition) is 2. The highest BCUT2D eigenvalue weighted by atomic mass is 32.2. The minimum absolute atomic E-state index is 0.0832. The molecule has 0 aromatic carbocycles. The Bertz CT molecular complexity index is 358. The van der Waals surface area contributed by atoms with E-state index in [1.807, 2.05) is 6.07 Å². The summed E-state index contributed by atoms with van der Waals surface area (Å²) >= 11 is 6.14. The van der Waals surface area contributed by atoms with Crippen molar-refractivity contribution in [1.29, 1.82) is 0 Å². The average molecular weight is 226 g/mol. The quantitative estimate of drug-likeness (QED) is 0.622. The molecule has 2 rings (SSSR count). The summed E-state index contributed by atoms with van der Waals surface area (Å²) in [6, 6.07) is 1.95. The molecule has 0 bridgehead atoms. The SMILES string of the molecule is SC(SCc1ccoc1)c1ncc[nH]1. The standard InChI is InChI=1S/C9H10N2OS2/c13-9(8-10-2-3-11-8)14-6-7-1-4-12-5-7/h1-5,9,13H,6H2,(H,10,11). The van der Waals surface area contributed by atoms with Crippen LogP contribution in [0.4, 0.5) is 0 Å². The smallest absolute Gasteiger partial charge is 0.129 e. The molecule has 0 spiro atoms. The normalized spacial score (nSPS) is 12.9. The van der Waals surface area contributed by atoms with Crippen molar-refractivity contribution in [3.05, 3.63) is 42.4 Å². The van der Waals surface area contributed by atoms with Crippen molar-refractivity contribution in [2.75, 3.05) is 0 Å². The third kappa shape index (κ3) is 2.36. The number of aromatic nitrogens is 2. The lowest BCUT2D eigenvalue weighted by molar-refractivity contribution is 0.565. The van der Waals surface area contributed by atoms with Gasteiger partial charge in [0.25, 0.3) is 0 Å². The van der Waals surface area contributed by atoms with E-state index in [2.05, 4.69) is 22.6 Å². The van der Waals surface area contributed by atoms with Gasteiger partial charge in [-0.2, -0.15) is 12.6 Å². The molecule has 2 heterocycles. The lowest BCUT2D eigenvalue weighted by Crippen LogP contribution is -1.89. The predicted molar refractivity (Wildman–Crippen MR) is 60.3 cm³/mol. The lowest BCUT2D eigenvalue weighted by atomic mass is 10.4. The molecular weight excluding hydrogens is 216 g/mol. The van der Waals surface area contributed by atoms with Crippen LogP contribution in [0.25, 0.3) is 0 Å². The molecule has 0 aliphatic carbocycles. The Kier molecular flexibility index (Phi) is 3.21. The fourth-order valence-electron chi connectivity index (χ4n) is 1.04. The van der Waals surface area contributed by atoms with Crippen LogP contribution < -0.4 is 0 Å². The number of rotatable bonds is 4. The van der Waals surface area contributed by atoms with Gasteiger partial charge >= 0.3 is 0 Å². The summed E-state index contributed by atoms with van der Waals surface area (Å²) in [6.45, 7) is 0. The Labute approximate surface area is 91.7 Å². The molecule has 0 aliphatic rings. The molecule has 0 amide bonds. The summed E-state index contributed by atoms with van der Waals surface area (Å²) in [5.41, 5.74) is 1.17. The summed E-state index contributed by atoms with van der Waals surface area (Å²) in [7, 11) is 0. The number of nitrogens with zero attached hydrogens (tertiary/aromatic N) is 1. The van der Waals surface area contributed by atoms with E-state index < -0.39 is 0 Å². The van der Waals surface area contributed by atoms with E-state index in [1.165, 1.54) is 5.56 Å². The van der Waals surface area contributed by atoms with Gasteiger partial charge in [0, 0.05) is 23.7 Å². The van der Waals surface area contributed by atoms with Gasteiger partial charge in [0.1, 0.15) is 10.4 Å². The molecule has 0 saturated heterocycles. The first-order valence-electron chi connectivity index (χ1n) is 4.16. The van der Waals surface area contributed by atoms with Crippen LogP contribution in [0.5, 0.6) is 0 Å². The Hall–Kier alpha value is -0.810. The van der Waals surface area contributed by atoms with Crippen LogP contribution in [0.15, 0.2) is 35.4 Å². The first-order valence-corrected chi connectivity index (χ1v) is 5.73. The number of hydrogen-bond acceptors (Lipinski definition) is 4. The molecule has 2 aromatic rings. The van der Waals surface area contributed by atoms with Crippen LogP contribution in [0.3, 0.4) is 0 Å². The van der Waals surface area contributed by atoms with Gasteiger partial charge in [-0.05, 0) is 6.07 Å². The van der Waals surface area contributed by atoms with Crippen LogP contribution in [0.2, 0.25) is 0 Å². The van der Waals surface area contributed by atoms with Gasteiger partial charge in [-0.25, -0.2) is 4.98 Å². The summed E-state index contributed by atoms with van der Waals surface area (Å²) < 4.78 is 5.06.